The Balaban J connectivity index is 1.58. The Kier molecular flexibility index (Phi) is 5.55. The second kappa shape index (κ2) is 8.03. The van der Waals surface area contributed by atoms with Gasteiger partial charge >= 0.3 is 0 Å². The molecular weight excluding hydrogens is 330 g/mol. The standard InChI is InChI=1S/C17H17NO5S/c19-18(20)15-8-13-10-21-12-23-17(13)14(9-15)11-24-7-6-22-16-4-2-1-3-5-16/h1-5,8-9H,6-7,10-12H2. The molecule has 1 aliphatic heterocycles. The quantitative estimate of drug-likeness (QED) is 0.431. The molecule has 2 aromatic carbocycles. The van der Waals surface area contributed by atoms with E-state index in [-0.39, 0.29) is 17.4 Å². The Bertz CT molecular complexity index is 708. The fraction of sp³-hybridized carbons (Fsp3) is 0.294. The number of non-ortho nitro benzene ring substituents is 1. The first kappa shape index (κ1) is 16.6. The predicted octanol–water partition coefficient (Wildman–Crippen LogP) is 3.77. The van der Waals surface area contributed by atoms with Gasteiger partial charge in [-0.1, -0.05) is 18.2 Å². The number of nitro benzene ring substituents is 1. The fourth-order valence-electron chi connectivity index (χ4n) is 2.41. The Hall–Kier alpha value is -2.25. The lowest BCUT2D eigenvalue weighted by Crippen LogP contribution is -2.13. The molecule has 24 heavy (non-hydrogen) atoms. The summed E-state index contributed by atoms with van der Waals surface area (Å²) in [5.41, 5.74) is 1.62. The van der Waals surface area contributed by atoms with Gasteiger partial charge in [0.2, 0.25) is 0 Å². The number of fused-ring (bicyclic) bond motifs is 1. The first-order valence-electron chi connectivity index (χ1n) is 7.50. The number of hydrogen-bond acceptors (Lipinski definition) is 6. The van der Waals surface area contributed by atoms with Crippen LogP contribution in [0.2, 0.25) is 0 Å². The molecule has 0 radical (unpaired) electrons. The van der Waals surface area contributed by atoms with Crippen molar-refractivity contribution < 1.29 is 19.1 Å². The van der Waals surface area contributed by atoms with Gasteiger partial charge in [-0.2, -0.15) is 11.8 Å². The highest BCUT2D eigenvalue weighted by Crippen LogP contribution is 2.34. The molecule has 0 atom stereocenters. The number of rotatable bonds is 7. The van der Waals surface area contributed by atoms with Gasteiger partial charge in [0.15, 0.2) is 6.79 Å². The number of thioether (sulfide) groups is 1. The van der Waals surface area contributed by atoms with Crippen molar-refractivity contribution in [3.05, 3.63) is 63.7 Å². The van der Waals surface area contributed by atoms with E-state index in [1.165, 1.54) is 6.07 Å². The minimum atomic E-state index is -0.387. The summed E-state index contributed by atoms with van der Waals surface area (Å²) in [5.74, 6) is 2.96. The van der Waals surface area contributed by atoms with Crippen molar-refractivity contribution in [3.63, 3.8) is 0 Å². The molecule has 0 aliphatic carbocycles. The third-order valence-electron chi connectivity index (χ3n) is 3.48. The van der Waals surface area contributed by atoms with Gasteiger partial charge in [-0.3, -0.25) is 10.1 Å². The van der Waals surface area contributed by atoms with Gasteiger partial charge in [0.1, 0.15) is 11.5 Å². The summed E-state index contributed by atoms with van der Waals surface area (Å²) in [6.07, 6.45) is 0. The van der Waals surface area contributed by atoms with E-state index >= 15 is 0 Å². The van der Waals surface area contributed by atoms with Crippen LogP contribution in [0.15, 0.2) is 42.5 Å². The highest BCUT2D eigenvalue weighted by molar-refractivity contribution is 7.98. The van der Waals surface area contributed by atoms with Crippen LogP contribution in [0.1, 0.15) is 11.1 Å². The van der Waals surface area contributed by atoms with Crippen molar-refractivity contribution in [2.45, 2.75) is 12.4 Å². The van der Waals surface area contributed by atoms with Gasteiger partial charge in [0, 0.05) is 34.8 Å². The molecule has 0 saturated heterocycles. The van der Waals surface area contributed by atoms with Gasteiger partial charge in [-0.05, 0) is 12.1 Å². The second-order valence-corrected chi connectivity index (χ2v) is 6.28. The average Bonchev–Trinajstić information content (AvgIpc) is 2.62. The zero-order valence-corrected chi connectivity index (χ0v) is 13.8. The molecule has 3 rings (SSSR count). The molecule has 0 amide bonds. The molecule has 0 saturated carbocycles. The zero-order valence-electron chi connectivity index (χ0n) is 13.0. The molecule has 0 spiro atoms. The zero-order chi connectivity index (χ0) is 16.8. The van der Waals surface area contributed by atoms with E-state index in [0.717, 1.165) is 22.6 Å². The van der Waals surface area contributed by atoms with Gasteiger partial charge < -0.3 is 14.2 Å². The van der Waals surface area contributed by atoms with Crippen LogP contribution >= 0.6 is 11.8 Å². The van der Waals surface area contributed by atoms with E-state index in [2.05, 4.69) is 0 Å². The summed E-state index contributed by atoms with van der Waals surface area (Å²) in [4.78, 5) is 10.7. The van der Waals surface area contributed by atoms with Crippen molar-refractivity contribution in [2.24, 2.45) is 0 Å². The van der Waals surface area contributed by atoms with E-state index < -0.39 is 0 Å². The summed E-state index contributed by atoms with van der Waals surface area (Å²) in [6.45, 7) is 1.10. The van der Waals surface area contributed by atoms with Crippen molar-refractivity contribution >= 4 is 17.4 Å². The van der Waals surface area contributed by atoms with Crippen LogP contribution in [-0.4, -0.2) is 24.1 Å². The normalized spacial score (nSPS) is 13.0. The second-order valence-electron chi connectivity index (χ2n) is 5.18. The maximum atomic E-state index is 11.1. The predicted molar refractivity (Wildman–Crippen MR) is 91.5 cm³/mol. The Morgan fingerprint density at radius 3 is 2.88 bits per heavy atom. The molecule has 0 N–H and O–H groups in total. The molecule has 126 valence electrons. The van der Waals surface area contributed by atoms with E-state index in [4.69, 9.17) is 14.2 Å². The third kappa shape index (κ3) is 4.18. The molecule has 0 fully saturated rings. The van der Waals surface area contributed by atoms with Crippen LogP contribution in [-0.2, 0) is 17.1 Å². The van der Waals surface area contributed by atoms with Gasteiger partial charge in [-0.25, -0.2) is 0 Å². The number of ether oxygens (including phenoxy) is 3. The fourth-order valence-corrected chi connectivity index (χ4v) is 3.19. The Morgan fingerprint density at radius 2 is 2.08 bits per heavy atom. The molecule has 1 heterocycles. The first-order chi connectivity index (χ1) is 11.7. The maximum absolute atomic E-state index is 11.1. The number of para-hydroxylation sites is 1. The summed E-state index contributed by atoms with van der Waals surface area (Å²) in [5, 5.41) is 11.1. The summed E-state index contributed by atoms with van der Waals surface area (Å²) in [6, 6.07) is 12.7. The largest absolute Gasteiger partial charge is 0.493 e. The van der Waals surface area contributed by atoms with Crippen LogP contribution in [0.25, 0.3) is 0 Å². The van der Waals surface area contributed by atoms with Gasteiger partial charge in [0.05, 0.1) is 18.1 Å². The number of nitrogens with zero attached hydrogens (tertiary/aromatic N) is 1. The minimum Gasteiger partial charge on any atom is -0.493 e. The molecule has 0 aromatic heterocycles. The van der Waals surface area contributed by atoms with Crippen molar-refractivity contribution in [3.8, 4) is 11.5 Å². The number of hydrogen-bond donors (Lipinski definition) is 0. The van der Waals surface area contributed by atoms with Crippen LogP contribution in [0.4, 0.5) is 5.69 Å². The SMILES string of the molecule is O=[N+]([O-])c1cc2c(c(CSCCOc3ccccc3)c1)OCOC2. The average molecular weight is 347 g/mol. The molecule has 0 unspecified atom stereocenters. The lowest BCUT2D eigenvalue weighted by atomic mass is 10.1. The van der Waals surface area contributed by atoms with Crippen molar-refractivity contribution in [1.82, 2.24) is 0 Å². The number of nitro groups is 1. The van der Waals surface area contributed by atoms with E-state index in [1.54, 1.807) is 17.8 Å². The minimum absolute atomic E-state index is 0.0685. The Labute approximate surface area is 143 Å². The van der Waals surface area contributed by atoms with Crippen LogP contribution in [0.5, 0.6) is 11.5 Å². The van der Waals surface area contributed by atoms with E-state index in [1.807, 2.05) is 30.3 Å². The highest BCUT2D eigenvalue weighted by Gasteiger charge is 2.20. The van der Waals surface area contributed by atoms with Gasteiger partial charge in [0.25, 0.3) is 5.69 Å². The first-order valence-corrected chi connectivity index (χ1v) is 8.66. The molecule has 7 heteroatoms. The maximum Gasteiger partial charge on any atom is 0.270 e. The Morgan fingerprint density at radius 1 is 1.25 bits per heavy atom. The van der Waals surface area contributed by atoms with Gasteiger partial charge in [-0.15, -0.1) is 0 Å². The summed E-state index contributed by atoms with van der Waals surface area (Å²) in [7, 11) is 0. The van der Waals surface area contributed by atoms with Crippen molar-refractivity contribution in [2.75, 3.05) is 19.2 Å². The molecule has 0 bridgehead atoms. The van der Waals surface area contributed by atoms with Crippen molar-refractivity contribution in [1.29, 1.82) is 0 Å². The lowest BCUT2D eigenvalue weighted by Gasteiger charge is -2.20. The topological polar surface area (TPSA) is 70.8 Å². The smallest absolute Gasteiger partial charge is 0.270 e. The van der Waals surface area contributed by atoms with Crippen LogP contribution < -0.4 is 9.47 Å². The monoisotopic (exact) mass is 347 g/mol. The van der Waals surface area contributed by atoms with E-state index in [0.29, 0.717) is 24.7 Å². The lowest BCUT2D eigenvalue weighted by molar-refractivity contribution is -0.385. The van der Waals surface area contributed by atoms with Crippen LogP contribution in [0.3, 0.4) is 0 Å². The molecular formula is C17H17NO5S. The molecule has 6 nitrogen and oxygen atoms in total. The molecule has 1 aliphatic rings. The number of benzene rings is 2. The van der Waals surface area contributed by atoms with E-state index in [9.17, 15) is 10.1 Å². The summed E-state index contributed by atoms with van der Waals surface area (Å²) < 4.78 is 16.4. The summed E-state index contributed by atoms with van der Waals surface area (Å²) >= 11 is 1.65. The molecule has 2 aromatic rings. The third-order valence-corrected chi connectivity index (χ3v) is 4.45. The van der Waals surface area contributed by atoms with Crippen LogP contribution in [0, 0.1) is 10.1 Å². The highest BCUT2D eigenvalue weighted by atomic mass is 32.2.